The van der Waals surface area contributed by atoms with Gasteiger partial charge in [-0.25, -0.2) is 4.79 Å². The summed E-state index contributed by atoms with van der Waals surface area (Å²) in [7, 11) is -5.59. The number of nitrogens with zero attached hydrogens (tertiary/aromatic N) is 1. The number of rotatable bonds is 4. The molecule has 2 saturated heterocycles. The largest absolute Gasteiger partial charge is 0.444 e. The third kappa shape index (κ3) is 5.12. The Labute approximate surface area is 197 Å². The normalized spacial score (nSPS) is 30.6. The summed E-state index contributed by atoms with van der Waals surface area (Å²) in [4.78, 5) is 14.7. The third-order valence-corrected chi connectivity index (χ3v) is 17.0. The molecule has 0 radical (unpaired) electrons. The molecule has 0 spiro atoms. The third-order valence-electron chi connectivity index (χ3n) is 6.81. The van der Waals surface area contributed by atoms with Gasteiger partial charge in [-0.05, 0) is 49.9 Å². The summed E-state index contributed by atoms with van der Waals surface area (Å²) in [5.74, 6) is 0. The molecule has 3 atom stereocenters. The van der Waals surface area contributed by atoms with Crippen molar-refractivity contribution in [3.8, 4) is 0 Å². The molecule has 0 aliphatic carbocycles. The molecule has 7 nitrogen and oxygen atoms in total. The predicted octanol–water partition coefficient (Wildman–Crippen LogP) is 5.31. The highest BCUT2D eigenvalue weighted by Gasteiger charge is 2.63. The summed E-state index contributed by atoms with van der Waals surface area (Å²) in [6.45, 7) is 25.0. The summed E-state index contributed by atoms with van der Waals surface area (Å²) in [6, 6.07) is -0.433. The van der Waals surface area contributed by atoms with E-state index in [9.17, 15) is 9.90 Å². The van der Waals surface area contributed by atoms with Crippen LogP contribution in [0.3, 0.4) is 0 Å². The van der Waals surface area contributed by atoms with Crippen molar-refractivity contribution < 1.29 is 27.6 Å². The number of aliphatic hydroxyl groups is 1. The van der Waals surface area contributed by atoms with Crippen LogP contribution in [0.2, 0.25) is 22.2 Å². The summed E-state index contributed by atoms with van der Waals surface area (Å²) >= 11 is 0. The smallest absolute Gasteiger partial charge is 0.410 e. The highest BCUT2D eigenvalue weighted by atomic mass is 28.5. The lowest BCUT2D eigenvalue weighted by atomic mass is 10.00. The maximum absolute atomic E-state index is 13.1. The maximum atomic E-state index is 13.1. The molecule has 2 aliphatic rings. The number of amides is 1. The van der Waals surface area contributed by atoms with Gasteiger partial charge in [0.2, 0.25) is 0 Å². The fourth-order valence-electron chi connectivity index (χ4n) is 5.16. The molecule has 1 amide bonds. The van der Waals surface area contributed by atoms with Gasteiger partial charge in [-0.15, -0.1) is 0 Å². The van der Waals surface area contributed by atoms with Crippen LogP contribution >= 0.6 is 0 Å². The first-order valence-electron chi connectivity index (χ1n) is 12.1. The van der Waals surface area contributed by atoms with Gasteiger partial charge in [0.25, 0.3) is 0 Å². The number of fused-ring (bicyclic) bond motifs is 1. The van der Waals surface area contributed by atoms with E-state index in [0.29, 0.717) is 0 Å². The van der Waals surface area contributed by atoms with Crippen molar-refractivity contribution in [3.63, 3.8) is 0 Å². The Morgan fingerprint density at radius 1 is 1.00 bits per heavy atom. The molecule has 32 heavy (non-hydrogen) atoms. The van der Waals surface area contributed by atoms with E-state index in [4.69, 9.17) is 17.7 Å². The Bertz CT molecular complexity index is 658. The average molecular weight is 490 g/mol. The van der Waals surface area contributed by atoms with Crippen LogP contribution in [0.4, 0.5) is 4.79 Å². The highest BCUT2D eigenvalue weighted by Crippen LogP contribution is 2.48. The molecule has 2 fully saturated rings. The molecule has 0 saturated carbocycles. The summed E-state index contributed by atoms with van der Waals surface area (Å²) in [6.07, 6.45) is -1.04. The first kappa shape index (κ1) is 27.8. The quantitative estimate of drug-likeness (QED) is 0.539. The van der Waals surface area contributed by atoms with Crippen LogP contribution in [0.5, 0.6) is 0 Å². The van der Waals surface area contributed by atoms with Crippen LogP contribution in [-0.2, 0) is 17.7 Å². The second-order valence-corrected chi connectivity index (χ2v) is 20.9. The average Bonchev–Trinajstić information content (AvgIpc) is 2.82. The number of hydrogen-bond donors (Lipinski definition) is 1. The van der Waals surface area contributed by atoms with Gasteiger partial charge in [-0.2, -0.15) is 0 Å². The zero-order valence-corrected chi connectivity index (χ0v) is 24.3. The van der Waals surface area contributed by atoms with E-state index in [-0.39, 0.29) is 35.3 Å². The summed E-state index contributed by atoms with van der Waals surface area (Å²) in [5, 5.41) is 11.4. The molecule has 0 aromatic rings. The lowest BCUT2D eigenvalue weighted by Crippen LogP contribution is -2.67. The van der Waals surface area contributed by atoms with Gasteiger partial charge in [-0.1, -0.05) is 55.4 Å². The van der Waals surface area contributed by atoms with Gasteiger partial charge < -0.3 is 22.8 Å². The van der Waals surface area contributed by atoms with E-state index in [1.54, 1.807) is 11.8 Å². The molecule has 2 heterocycles. The number of hydrogen-bond acceptors (Lipinski definition) is 6. The van der Waals surface area contributed by atoms with Crippen LogP contribution in [0.15, 0.2) is 0 Å². The van der Waals surface area contributed by atoms with Crippen molar-refractivity contribution in [2.75, 3.05) is 13.2 Å². The number of likely N-dealkylation sites (tertiary alicyclic amines) is 1. The maximum Gasteiger partial charge on any atom is 0.410 e. The molecule has 2 aliphatic heterocycles. The van der Waals surface area contributed by atoms with Gasteiger partial charge in [-0.3, -0.25) is 4.90 Å². The van der Waals surface area contributed by atoms with Crippen LogP contribution < -0.4 is 0 Å². The molecule has 0 aromatic heterocycles. The number of carbonyl (C=O) groups is 1. The minimum absolute atomic E-state index is 0.138. The molecular formula is C23H47NO6Si2. The van der Waals surface area contributed by atoms with E-state index < -0.39 is 46.6 Å². The van der Waals surface area contributed by atoms with Gasteiger partial charge in [0, 0.05) is 0 Å². The first-order chi connectivity index (χ1) is 14.4. The second kappa shape index (κ2) is 9.30. The molecule has 0 bridgehead atoms. The predicted molar refractivity (Wildman–Crippen MR) is 131 cm³/mol. The zero-order valence-electron chi connectivity index (χ0n) is 22.3. The number of carbonyl (C=O) groups excluding carboxylic acids is 1. The van der Waals surface area contributed by atoms with Crippen molar-refractivity contribution in [3.05, 3.63) is 0 Å². The summed E-state index contributed by atoms with van der Waals surface area (Å²) < 4.78 is 26.6. The Morgan fingerprint density at radius 2 is 1.47 bits per heavy atom. The van der Waals surface area contributed by atoms with Crippen LogP contribution in [0.1, 0.15) is 83.1 Å². The van der Waals surface area contributed by atoms with Crippen LogP contribution in [0, 0.1) is 0 Å². The Kier molecular flexibility index (Phi) is 8.07. The minimum Gasteiger partial charge on any atom is -0.444 e. The van der Waals surface area contributed by atoms with Gasteiger partial charge >= 0.3 is 23.2 Å². The van der Waals surface area contributed by atoms with E-state index >= 15 is 0 Å². The van der Waals surface area contributed by atoms with Crippen LogP contribution in [-0.4, -0.2) is 69.7 Å². The lowest BCUT2D eigenvalue weighted by molar-refractivity contribution is -0.0542. The molecule has 1 N–H and O–H groups in total. The Balaban J connectivity index is 2.61. The minimum atomic E-state index is -2.87. The van der Waals surface area contributed by atoms with E-state index in [2.05, 4.69) is 55.4 Å². The molecule has 0 unspecified atom stereocenters. The zero-order chi connectivity index (χ0) is 24.9. The topological polar surface area (TPSA) is 77.5 Å². The van der Waals surface area contributed by atoms with Crippen molar-refractivity contribution in [2.24, 2.45) is 0 Å². The molecule has 0 aromatic carbocycles. The molecule has 2 rings (SSSR count). The van der Waals surface area contributed by atoms with E-state index in [1.165, 1.54) is 0 Å². The van der Waals surface area contributed by atoms with Gasteiger partial charge in [0.15, 0.2) is 0 Å². The number of β-amino-alcohol motifs (C(OH)–C–C–N with tert-alkyl or cyclic N) is 1. The molecule has 188 valence electrons. The monoisotopic (exact) mass is 489 g/mol. The van der Waals surface area contributed by atoms with Gasteiger partial charge in [0.1, 0.15) is 17.3 Å². The number of ether oxygens (including phenoxy) is 1. The Morgan fingerprint density at radius 3 is 1.88 bits per heavy atom. The Hall–Kier alpha value is -0.456. The van der Waals surface area contributed by atoms with E-state index in [0.717, 1.165) is 0 Å². The molecule has 9 heteroatoms. The van der Waals surface area contributed by atoms with Crippen LogP contribution in [0.25, 0.3) is 0 Å². The fraction of sp³-hybridized carbons (Fsp3) is 0.957. The first-order valence-corrected chi connectivity index (χ1v) is 16.1. The lowest BCUT2D eigenvalue weighted by Gasteiger charge is -2.52. The van der Waals surface area contributed by atoms with E-state index in [1.807, 2.05) is 20.8 Å². The van der Waals surface area contributed by atoms with Crippen molar-refractivity contribution in [2.45, 2.75) is 129 Å². The highest BCUT2D eigenvalue weighted by molar-refractivity contribution is 6.84. The standard InChI is InChI=1S/C23H47NO6Si2/c1-15(2)31(16(3)4)27-13-19-20(29-32(30-31,17(5)6)18(7)8)23(12,26)14-24(19)21(25)28-22(9,10)11/h15-20,26H,13-14H2,1-12H3/t19-,20-,23-/m1/s1. The second-order valence-electron chi connectivity index (χ2n) is 12.0. The molecular weight excluding hydrogens is 442 g/mol. The van der Waals surface area contributed by atoms with Crippen molar-refractivity contribution in [1.82, 2.24) is 4.90 Å². The summed E-state index contributed by atoms with van der Waals surface area (Å²) in [5.41, 5.74) is -1.13. The SMILES string of the molecule is CC(C)[Si]1(C(C)C)OC[C@@H]2[C@@H](O[Si](C(C)C)(C(C)C)O1)[C@](C)(O)CN2C(=O)OC(C)(C)C. The van der Waals surface area contributed by atoms with Crippen molar-refractivity contribution in [1.29, 1.82) is 0 Å². The van der Waals surface area contributed by atoms with Crippen molar-refractivity contribution >= 4 is 23.2 Å². The fourth-order valence-corrected chi connectivity index (χ4v) is 16.5. The van der Waals surface area contributed by atoms with Gasteiger partial charge in [0.05, 0.1) is 19.2 Å².